The van der Waals surface area contributed by atoms with E-state index < -0.39 is 29.7 Å². The lowest BCUT2D eigenvalue weighted by Gasteiger charge is -2.19. The lowest BCUT2D eigenvalue weighted by atomic mass is 10.1. The zero-order valence-electron chi connectivity index (χ0n) is 20.3. The van der Waals surface area contributed by atoms with E-state index >= 15 is 0 Å². The highest BCUT2D eigenvalue weighted by Crippen LogP contribution is 2.36. The standard InChI is InChI=1S/C25H25ClF2N6O3/c1-12(2)20(29)24(35)36-13(3)11-30-22-19-21(15-6-4-5-7-16(15)26)33-34-23(19)32-25(31-22)37-18-9-8-14(27)10-17(18)28/h4-10,12-13,20H,11,29H2,1-3H3,(H2,30,31,32,33,34). The van der Waals surface area contributed by atoms with Crippen molar-refractivity contribution < 1.29 is 23.0 Å². The Hall–Kier alpha value is -3.83. The summed E-state index contributed by atoms with van der Waals surface area (Å²) in [5.74, 6) is -2.27. The number of benzene rings is 2. The summed E-state index contributed by atoms with van der Waals surface area (Å²) in [5.41, 5.74) is 7.27. The van der Waals surface area contributed by atoms with Crippen LogP contribution in [0.2, 0.25) is 5.02 Å². The van der Waals surface area contributed by atoms with Crippen LogP contribution in [0.5, 0.6) is 11.8 Å². The smallest absolute Gasteiger partial charge is 0.326 e. The maximum atomic E-state index is 14.2. The van der Waals surface area contributed by atoms with Gasteiger partial charge in [-0.3, -0.25) is 9.89 Å². The number of halogens is 3. The van der Waals surface area contributed by atoms with Crippen molar-refractivity contribution in [3.05, 3.63) is 59.1 Å². The van der Waals surface area contributed by atoms with Gasteiger partial charge >= 0.3 is 12.0 Å². The fourth-order valence-corrected chi connectivity index (χ4v) is 3.65. The van der Waals surface area contributed by atoms with Gasteiger partial charge in [-0.05, 0) is 31.0 Å². The molecule has 9 nitrogen and oxygen atoms in total. The van der Waals surface area contributed by atoms with Gasteiger partial charge in [-0.15, -0.1) is 0 Å². The molecular weight excluding hydrogens is 506 g/mol. The number of carbonyl (C=O) groups is 1. The summed E-state index contributed by atoms with van der Waals surface area (Å²) in [7, 11) is 0. The monoisotopic (exact) mass is 530 g/mol. The van der Waals surface area contributed by atoms with E-state index in [0.29, 0.717) is 27.7 Å². The van der Waals surface area contributed by atoms with Crippen molar-refractivity contribution >= 4 is 34.4 Å². The molecule has 0 saturated heterocycles. The molecule has 194 valence electrons. The molecular formula is C25H25ClF2N6O3. The van der Waals surface area contributed by atoms with Gasteiger partial charge in [0.25, 0.3) is 0 Å². The largest absolute Gasteiger partial charge is 0.460 e. The van der Waals surface area contributed by atoms with Gasteiger partial charge in [0.1, 0.15) is 23.8 Å². The molecule has 2 atom stereocenters. The molecule has 0 aliphatic heterocycles. The Kier molecular flexibility index (Phi) is 7.84. The molecule has 37 heavy (non-hydrogen) atoms. The predicted octanol–water partition coefficient (Wildman–Crippen LogP) is 5.07. The zero-order valence-corrected chi connectivity index (χ0v) is 21.0. The number of nitrogens with one attached hydrogen (secondary N) is 2. The van der Waals surface area contributed by atoms with E-state index in [1.807, 2.05) is 19.9 Å². The molecule has 0 aliphatic rings. The number of carbonyl (C=O) groups excluding carboxylic acids is 1. The molecule has 0 spiro atoms. The molecule has 4 aromatic rings. The lowest BCUT2D eigenvalue weighted by molar-refractivity contribution is -0.150. The van der Waals surface area contributed by atoms with Gasteiger partial charge in [-0.2, -0.15) is 15.1 Å². The SMILES string of the molecule is CC(CNc1nc(Oc2ccc(F)cc2F)nc2n[nH]c(-c3ccccc3Cl)c12)OC(=O)C(N)C(C)C. The molecule has 0 amide bonds. The van der Waals surface area contributed by atoms with E-state index in [1.54, 1.807) is 25.1 Å². The highest BCUT2D eigenvalue weighted by Gasteiger charge is 2.23. The number of aromatic amines is 1. The number of hydrogen-bond acceptors (Lipinski definition) is 8. The maximum Gasteiger partial charge on any atom is 0.326 e. The first-order valence-electron chi connectivity index (χ1n) is 11.5. The van der Waals surface area contributed by atoms with Crippen LogP contribution in [0.3, 0.4) is 0 Å². The molecule has 0 saturated carbocycles. The number of esters is 1. The molecule has 4 rings (SSSR count). The third kappa shape index (κ3) is 5.95. The third-order valence-corrected chi connectivity index (χ3v) is 5.83. The summed E-state index contributed by atoms with van der Waals surface area (Å²) in [6.07, 6.45) is -0.572. The molecule has 0 radical (unpaired) electrons. The Balaban J connectivity index is 1.68. The summed E-state index contributed by atoms with van der Waals surface area (Å²) in [4.78, 5) is 20.9. The minimum Gasteiger partial charge on any atom is -0.460 e. The van der Waals surface area contributed by atoms with Crippen LogP contribution in [-0.2, 0) is 9.53 Å². The average Bonchev–Trinajstić information content (AvgIpc) is 3.28. The van der Waals surface area contributed by atoms with Crippen molar-refractivity contribution in [2.24, 2.45) is 11.7 Å². The Labute approximate surface area is 216 Å². The van der Waals surface area contributed by atoms with Gasteiger partial charge in [0, 0.05) is 16.7 Å². The number of nitrogens with two attached hydrogens (primary N) is 1. The van der Waals surface area contributed by atoms with Crippen molar-refractivity contribution in [3.63, 3.8) is 0 Å². The van der Waals surface area contributed by atoms with Gasteiger partial charge in [0.15, 0.2) is 17.2 Å². The summed E-state index contributed by atoms with van der Waals surface area (Å²) >= 11 is 6.40. The number of hydrogen-bond donors (Lipinski definition) is 3. The molecule has 2 unspecified atom stereocenters. The van der Waals surface area contributed by atoms with E-state index in [4.69, 9.17) is 26.8 Å². The third-order valence-electron chi connectivity index (χ3n) is 5.50. The van der Waals surface area contributed by atoms with Gasteiger partial charge in [0.05, 0.1) is 17.6 Å². The van der Waals surface area contributed by atoms with Gasteiger partial charge in [-0.1, -0.05) is 43.6 Å². The van der Waals surface area contributed by atoms with Crippen molar-refractivity contribution in [1.82, 2.24) is 20.2 Å². The number of rotatable bonds is 9. The Morgan fingerprint density at radius 3 is 2.62 bits per heavy atom. The number of aromatic nitrogens is 4. The lowest BCUT2D eigenvalue weighted by Crippen LogP contribution is -2.39. The summed E-state index contributed by atoms with van der Waals surface area (Å²) < 4.78 is 38.4. The van der Waals surface area contributed by atoms with Crippen LogP contribution in [0.15, 0.2) is 42.5 Å². The predicted molar refractivity (Wildman–Crippen MR) is 135 cm³/mol. The second kappa shape index (κ2) is 11.1. The Morgan fingerprint density at radius 1 is 1.16 bits per heavy atom. The van der Waals surface area contributed by atoms with E-state index in [-0.39, 0.29) is 35.7 Å². The molecule has 12 heteroatoms. The van der Waals surface area contributed by atoms with Crippen LogP contribution in [-0.4, -0.2) is 44.8 Å². The van der Waals surface area contributed by atoms with Crippen LogP contribution in [0, 0.1) is 17.6 Å². The average molecular weight is 531 g/mol. The minimum atomic E-state index is -0.918. The molecule has 0 aliphatic carbocycles. The fraction of sp³-hybridized carbons (Fsp3) is 0.280. The van der Waals surface area contributed by atoms with Crippen molar-refractivity contribution in [1.29, 1.82) is 0 Å². The first-order chi connectivity index (χ1) is 17.6. The highest BCUT2D eigenvalue weighted by atomic mass is 35.5. The van der Waals surface area contributed by atoms with Crippen LogP contribution < -0.4 is 15.8 Å². The molecule has 2 aromatic carbocycles. The van der Waals surface area contributed by atoms with Crippen molar-refractivity contribution in [3.8, 4) is 23.0 Å². The quantitative estimate of drug-likeness (QED) is 0.256. The summed E-state index contributed by atoms with van der Waals surface area (Å²) in [6.45, 7) is 5.51. The first kappa shape index (κ1) is 26.2. The van der Waals surface area contributed by atoms with Crippen LogP contribution in [0.4, 0.5) is 14.6 Å². The van der Waals surface area contributed by atoms with Gasteiger partial charge in [0.2, 0.25) is 0 Å². The second-order valence-electron chi connectivity index (χ2n) is 8.71. The molecule has 2 heterocycles. The normalized spacial score (nSPS) is 13.0. The van der Waals surface area contributed by atoms with Crippen LogP contribution in [0.1, 0.15) is 20.8 Å². The zero-order chi connectivity index (χ0) is 26.7. The van der Waals surface area contributed by atoms with Gasteiger partial charge < -0.3 is 20.5 Å². The van der Waals surface area contributed by atoms with Crippen molar-refractivity contribution in [2.75, 3.05) is 11.9 Å². The number of ether oxygens (including phenoxy) is 2. The Bertz CT molecular complexity index is 1430. The topological polar surface area (TPSA) is 128 Å². The molecule has 4 N–H and O–H groups in total. The number of anilines is 1. The number of nitrogens with zero attached hydrogens (tertiary/aromatic N) is 3. The molecule has 2 aromatic heterocycles. The second-order valence-corrected chi connectivity index (χ2v) is 9.11. The molecule has 0 bridgehead atoms. The molecule has 0 fully saturated rings. The van der Waals surface area contributed by atoms with Gasteiger partial charge in [-0.25, -0.2) is 8.78 Å². The first-order valence-corrected chi connectivity index (χ1v) is 11.9. The highest BCUT2D eigenvalue weighted by molar-refractivity contribution is 6.33. The minimum absolute atomic E-state index is 0.0789. The Morgan fingerprint density at radius 2 is 1.92 bits per heavy atom. The maximum absolute atomic E-state index is 14.2. The number of fused-ring (bicyclic) bond motifs is 1. The van der Waals surface area contributed by atoms with Crippen molar-refractivity contribution in [2.45, 2.75) is 32.9 Å². The van der Waals surface area contributed by atoms with Crippen LogP contribution in [0.25, 0.3) is 22.3 Å². The fourth-order valence-electron chi connectivity index (χ4n) is 3.42. The van der Waals surface area contributed by atoms with E-state index in [0.717, 1.165) is 12.1 Å². The van der Waals surface area contributed by atoms with E-state index in [2.05, 4.69) is 25.5 Å². The van der Waals surface area contributed by atoms with E-state index in [1.165, 1.54) is 0 Å². The van der Waals surface area contributed by atoms with Crippen LogP contribution >= 0.6 is 11.6 Å². The number of H-pyrrole nitrogens is 1. The van der Waals surface area contributed by atoms with E-state index in [9.17, 15) is 13.6 Å². The summed E-state index contributed by atoms with van der Waals surface area (Å²) in [6, 6.07) is 9.03. The summed E-state index contributed by atoms with van der Waals surface area (Å²) in [5, 5.41) is 11.2.